The van der Waals surface area contributed by atoms with Crippen LogP contribution in [-0.4, -0.2) is 74.1 Å². The Kier molecular flexibility index (Phi) is 4.52. The SMILES string of the molecule is Cc1nn(C)c2ncc(-c3cncc(N4CCN(CCO)CC4)n3)cc12. The van der Waals surface area contributed by atoms with Gasteiger partial charge in [0.2, 0.25) is 0 Å². The third-order valence-corrected chi connectivity index (χ3v) is 4.89. The second kappa shape index (κ2) is 6.97. The number of nitrogens with zero attached hydrogens (tertiary/aromatic N) is 7. The van der Waals surface area contributed by atoms with Crippen LogP contribution in [0.5, 0.6) is 0 Å². The highest BCUT2D eigenvalue weighted by Gasteiger charge is 2.18. The molecule has 3 aromatic heterocycles. The van der Waals surface area contributed by atoms with Crippen LogP contribution in [0.2, 0.25) is 0 Å². The van der Waals surface area contributed by atoms with Crippen molar-refractivity contribution in [2.75, 3.05) is 44.2 Å². The monoisotopic (exact) mass is 353 g/mol. The normalized spacial score (nSPS) is 15.7. The maximum atomic E-state index is 9.07. The van der Waals surface area contributed by atoms with Gasteiger partial charge in [-0.15, -0.1) is 0 Å². The van der Waals surface area contributed by atoms with Crippen molar-refractivity contribution < 1.29 is 5.11 Å². The zero-order chi connectivity index (χ0) is 18.1. The molecule has 4 heterocycles. The molecule has 8 heteroatoms. The van der Waals surface area contributed by atoms with Crippen molar-refractivity contribution in [2.45, 2.75) is 6.92 Å². The molecule has 4 rings (SSSR count). The molecule has 0 radical (unpaired) electrons. The first-order valence-electron chi connectivity index (χ1n) is 8.85. The topological polar surface area (TPSA) is 83.2 Å². The van der Waals surface area contributed by atoms with Gasteiger partial charge in [-0.25, -0.2) is 9.97 Å². The van der Waals surface area contributed by atoms with Crippen LogP contribution in [0.4, 0.5) is 5.82 Å². The Bertz CT molecular complexity index is 915. The number of pyridine rings is 1. The van der Waals surface area contributed by atoms with Crippen LogP contribution in [0.1, 0.15) is 5.69 Å². The van der Waals surface area contributed by atoms with Crippen LogP contribution in [-0.2, 0) is 7.05 Å². The van der Waals surface area contributed by atoms with Crippen LogP contribution >= 0.6 is 0 Å². The standard InChI is InChI=1S/C18H23N7O/c1-13-15-9-14(10-20-18(15)23(2)22-13)16-11-19-12-17(21-16)25-5-3-24(4-6-25)7-8-26/h9-12,26H,3-8H2,1-2H3. The fraction of sp³-hybridized carbons (Fsp3) is 0.444. The molecule has 0 aliphatic carbocycles. The molecule has 0 saturated carbocycles. The van der Waals surface area contributed by atoms with Crippen LogP contribution in [0.25, 0.3) is 22.3 Å². The molecular weight excluding hydrogens is 330 g/mol. The minimum Gasteiger partial charge on any atom is -0.395 e. The zero-order valence-corrected chi connectivity index (χ0v) is 15.1. The summed E-state index contributed by atoms with van der Waals surface area (Å²) < 4.78 is 1.79. The second-order valence-corrected chi connectivity index (χ2v) is 6.62. The molecule has 0 spiro atoms. The van der Waals surface area contributed by atoms with Crippen molar-refractivity contribution >= 4 is 16.9 Å². The van der Waals surface area contributed by atoms with Crippen molar-refractivity contribution in [3.63, 3.8) is 0 Å². The Balaban J connectivity index is 1.59. The van der Waals surface area contributed by atoms with Gasteiger partial charge in [-0.05, 0) is 13.0 Å². The fourth-order valence-corrected chi connectivity index (χ4v) is 3.44. The summed E-state index contributed by atoms with van der Waals surface area (Å²) in [5.74, 6) is 0.883. The minimum atomic E-state index is 0.207. The van der Waals surface area contributed by atoms with Crippen molar-refractivity contribution in [1.82, 2.24) is 29.6 Å². The number of aliphatic hydroxyl groups excluding tert-OH is 1. The molecule has 136 valence electrons. The highest BCUT2D eigenvalue weighted by molar-refractivity contribution is 5.82. The van der Waals surface area contributed by atoms with E-state index in [4.69, 9.17) is 10.1 Å². The van der Waals surface area contributed by atoms with Gasteiger partial charge in [0, 0.05) is 56.9 Å². The lowest BCUT2D eigenvalue weighted by Crippen LogP contribution is -2.47. The largest absolute Gasteiger partial charge is 0.395 e. The van der Waals surface area contributed by atoms with Gasteiger partial charge in [-0.2, -0.15) is 5.10 Å². The van der Waals surface area contributed by atoms with Crippen molar-refractivity contribution in [1.29, 1.82) is 0 Å². The van der Waals surface area contributed by atoms with Gasteiger partial charge in [-0.1, -0.05) is 0 Å². The molecule has 0 unspecified atom stereocenters. The van der Waals surface area contributed by atoms with E-state index in [0.29, 0.717) is 0 Å². The van der Waals surface area contributed by atoms with E-state index < -0.39 is 0 Å². The van der Waals surface area contributed by atoms with Crippen LogP contribution in [0, 0.1) is 6.92 Å². The lowest BCUT2D eigenvalue weighted by Gasteiger charge is -2.34. The second-order valence-electron chi connectivity index (χ2n) is 6.62. The number of aliphatic hydroxyl groups is 1. The first-order chi connectivity index (χ1) is 12.7. The zero-order valence-electron chi connectivity index (χ0n) is 15.1. The third kappa shape index (κ3) is 3.13. The number of anilines is 1. The molecule has 0 amide bonds. The number of rotatable bonds is 4. The van der Waals surface area contributed by atoms with Gasteiger partial charge < -0.3 is 10.0 Å². The summed E-state index contributed by atoms with van der Waals surface area (Å²) in [4.78, 5) is 18.2. The Hall–Kier alpha value is -2.58. The lowest BCUT2D eigenvalue weighted by atomic mass is 10.1. The van der Waals surface area contributed by atoms with E-state index in [0.717, 1.165) is 66.5 Å². The number of hydrogen-bond donors (Lipinski definition) is 1. The molecule has 3 aromatic rings. The Morgan fingerprint density at radius 2 is 1.92 bits per heavy atom. The quantitative estimate of drug-likeness (QED) is 0.744. The van der Waals surface area contributed by atoms with Gasteiger partial charge in [-0.3, -0.25) is 14.6 Å². The predicted molar refractivity (Wildman–Crippen MR) is 100 cm³/mol. The molecule has 1 saturated heterocycles. The maximum Gasteiger partial charge on any atom is 0.157 e. The molecule has 0 atom stereocenters. The van der Waals surface area contributed by atoms with Gasteiger partial charge in [0.15, 0.2) is 5.65 Å². The Labute approximate surface area is 152 Å². The number of β-amino-alcohol motifs (C(OH)–C–C–N with tert-alkyl or cyclic N) is 1. The summed E-state index contributed by atoms with van der Waals surface area (Å²) in [6, 6.07) is 2.08. The van der Waals surface area contributed by atoms with Crippen molar-refractivity contribution in [3.8, 4) is 11.3 Å². The van der Waals surface area contributed by atoms with Gasteiger partial charge in [0.1, 0.15) is 5.82 Å². The number of piperazine rings is 1. The third-order valence-electron chi connectivity index (χ3n) is 4.89. The van der Waals surface area contributed by atoms with Crippen LogP contribution in [0.3, 0.4) is 0 Å². The fourth-order valence-electron chi connectivity index (χ4n) is 3.44. The predicted octanol–water partition coefficient (Wildman–Crippen LogP) is 0.848. The van der Waals surface area contributed by atoms with E-state index in [1.165, 1.54) is 0 Å². The highest BCUT2D eigenvalue weighted by Crippen LogP contribution is 2.24. The number of hydrogen-bond acceptors (Lipinski definition) is 7. The molecular formula is C18H23N7O. The number of fused-ring (bicyclic) bond motifs is 1. The lowest BCUT2D eigenvalue weighted by molar-refractivity contribution is 0.188. The van der Waals surface area contributed by atoms with Crippen LogP contribution in [0.15, 0.2) is 24.7 Å². The van der Waals surface area contributed by atoms with E-state index >= 15 is 0 Å². The minimum absolute atomic E-state index is 0.207. The molecule has 0 aromatic carbocycles. The summed E-state index contributed by atoms with van der Waals surface area (Å²) in [7, 11) is 1.90. The molecule has 26 heavy (non-hydrogen) atoms. The van der Waals surface area contributed by atoms with E-state index in [-0.39, 0.29) is 6.61 Å². The summed E-state index contributed by atoms with van der Waals surface area (Å²) in [5.41, 5.74) is 3.59. The first-order valence-corrected chi connectivity index (χ1v) is 8.85. The van der Waals surface area contributed by atoms with Gasteiger partial charge in [0.25, 0.3) is 0 Å². The molecule has 0 bridgehead atoms. The average Bonchev–Trinajstić information content (AvgIpc) is 2.96. The number of aromatic nitrogens is 5. The molecule has 1 fully saturated rings. The smallest absolute Gasteiger partial charge is 0.157 e. The number of aryl methyl sites for hydroxylation is 2. The van der Waals surface area contributed by atoms with E-state index in [1.807, 2.05) is 26.4 Å². The van der Waals surface area contributed by atoms with Crippen molar-refractivity contribution in [2.24, 2.45) is 7.05 Å². The Morgan fingerprint density at radius 3 is 2.69 bits per heavy atom. The van der Waals surface area contributed by atoms with Gasteiger partial charge in [0.05, 0.1) is 30.4 Å². The molecule has 1 aliphatic heterocycles. The van der Waals surface area contributed by atoms with Crippen molar-refractivity contribution in [3.05, 3.63) is 30.4 Å². The molecule has 1 aliphatic rings. The summed E-state index contributed by atoms with van der Waals surface area (Å²) in [5, 5.41) is 14.5. The Morgan fingerprint density at radius 1 is 1.12 bits per heavy atom. The molecule has 8 nitrogen and oxygen atoms in total. The van der Waals surface area contributed by atoms with E-state index in [1.54, 1.807) is 10.9 Å². The highest BCUT2D eigenvalue weighted by atomic mass is 16.3. The average molecular weight is 353 g/mol. The summed E-state index contributed by atoms with van der Waals surface area (Å²) in [6.45, 7) is 6.55. The maximum absolute atomic E-state index is 9.07. The van der Waals surface area contributed by atoms with E-state index in [9.17, 15) is 0 Å². The summed E-state index contributed by atoms with van der Waals surface area (Å²) in [6.07, 6.45) is 5.42. The van der Waals surface area contributed by atoms with Crippen LogP contribution < -0.4 is 4.90 Å². The molecule has 1 N–H and O–H groups in total. The van der Waals surface area contributed by atoms with Gasteiger partial charge >= 0.3 is 0 Å². The van der Waals surface area contributed by atoms with E-state index in [2.05, 4.69) is 30.9 Å². The first kappa shape index (κ1) is 16.9. The summed E-state index contributed by atoms with van der Waals surface area (Å²) >= 11 is 0.